The van der Waals surface area contributed by atoms with Crippen LogP contribution in [-0.2, 0) is 4.79 Å². The number of carbonyl (C=O) groups is 1. The summed E-state index contributed by atoms with van der Waals surface area (Å²) in [5.41, 5.74) is 3.15. The monoisotopic (exact) mass is 296 g/mol. The van der Waals surface area contributed by atoms with Crippen LogP contribution in [0.2, 0.25) is 5.02 Å². The van der Waals surface area contributed by atoms with Gasteiger partial charge in [0.15, 0.2) is 0 Å². The third kappa shape index (κ3) is 2.88. The number of rotatable bonds is 2. The van der Waals surface area contributed by atoms with E-state index in [4.69, 9.17) is 11.6 Å². The molecule has 1 heterocycles. The Kier molecular flexibility index (Phi) is 3.59. The average Bonchev–Trinajstić information content (AvgIpc) is 2.83. The van der Waals surface area contributed by atoms with E-state index >= 15 is 0 Å². The van der Waals surface area contributed by atoms with E-state index in [-0.39, 0.29) is 5.91 Å². The topological polar surface area (TPSA) is 41.5 Å². The van der Waals surface area contributed by atoms with Gasteiger partial charge in [0, 0.05) is 10.6 Å². The van der Waals surface area contributed by atoms with E-state index in [0.29, 0.717) is 16.6 Å². The molecule has 0 bridgehead atoms. The molecule has 0 aliphatic carbocycles. The summed E-state index contributed by atoms with van der Waals surface area (Å²) >= 11 is 6.10. The zero-order valence-corrected chi connectivity index (χ0v) is 12.2. The van der Waals surface area contributed by atoms with Gasteiger partial charge in [-0.3, -0.25) is 4.79 Å². The minimum atomic E-state index is -0.216. The Morgan fingerprint density at radius 2 is 1.95 bits per heavy atom. The Morgan fingerprint density at radius 3 is 2.71 bits per heavy atom. The van der Waals surface area contributed by atoms with Crippen molar-refractivity contribution < 1.29 is 4.79 Å². The van der Waals surface area contributed by atoms with Crippen molar-refractivity contribution in [3.63, 3.8) is 0 Å². The normalized spacial score (nSPS) is 16.0. The summed E-state index contributed by atoms with van der Waals surface area (Å²) in [7, 11) is 0. The molecule has 3 nitrogen and oxygen atoms in total. The highest BCUT2D eigenvalue weighted by molar-refractivity contribution is 6.32. The highest BCUT2D eigenvalue weighted by atomic mass is 35.5. The van der Waals surface area contributed by atoms with Crippen LogP contribution in [0, 0.1) is 6.92 Å². The second-order valence-corrected chi connectivity index (χ2v) is 5.24. The van der Waals surface area contributed by atoms with Crippen molar-refractivity contribution >= 4 is 29.4 Å². The van der Waals surface area contributed by atoms with Crippen LogP contribution in [-0.4, -0.2) is 11.7 Å². The van der Waals surface area contributed by atoms with E-state index in [0.717, 1.165) is 16.7 Å². The lowest BCUT2D eigenvalue weighted by molar-refractivity contribution is -0.115. The third-order valence-electron chi connectivity index (χ3n) is 3.19. The van der Waals surface area contributed by atoms with Crippen molar-refractivity contribution in [1.82, 2.24) is 5.32 Å². The number of nitrogens with one attached hydrogen (secondary N) is 1. The lowest BCUT2D eigenvalue weighted by atomic mass is 10.1. The second-order valence-electron chi connectivity index (χ2n) is 4.84. The molecule has 0 atom stereocenters. The van der Waals surface area contributed by atoms with Gasteiger partial charge in [-0.15, -0.1) is 0 Å². The Morgan fingerprint density at radius 1 is 1.14 bits per heavy atom. The van der Waals surface area contributed by atoms with Gasteiger partial charge >= 0.3 is 0 Å². The molecule has 1 amide bonds. The molecule has 0 saturated heterocycles. The molecule has 104 valence electrons. The SMILES string of the molecule is Cc1cccc(C2=N/C(=C\c3ccccc3Cl)C(=O)N2)c1. The van der Waals surface area contributed by atoms with Crippen molar-refractivity contribution in [3.8, 4) is 0 Å². The summed E-state index contributed by atoms with van der Waals surface area (Å²) in [6.07, 6.45) is 1.69. The quantitative estimate of drug-likeness (QED) is 0.846. The lowest BCUT2D eigenvalue weighted by Crippen LogP contribution is -2.24. The largest absolute Gasteiger partial charge is 0.305 e. The second kappa shape index (κ2) is 5.54. The maximum Gasteiger partial charge on any atom is 0.275 e. The van der Waals surface area contributed by atoms with Gasteiger partial charge in [-0.05, 0) is 30.7 Å². The summed E-state index contributed by atoms with van der Waals surface area (Å²) < 4.78 is 0. The molecular weight excluding hydrogens is 284 g/mol. The molecule has 1 aliphatic rings. The van der Waals surface area contributed by atoms with Crippen molar-refractivity contribution in [2.24, 2.45) is 4.99 Å². The average molecular weight is 297 g/mol. The molecule has 2 aromatic rings. The summed E-state index contributed by atoms with van der Waals surface area (Å²) in [5, 5.41) is 3.38. The number of amides is 1. The molecule has 21 heavy (non-hydrogen) atoms. The van der Waals surface area contributed by atoms with Gasteiger partial charge in [0.05, 0.1) is 0 Å². The summed E-state index contributed by atoms with van der Waals surface area (Å²) in [4.78, 5) is 16.4. The first-order chi connectivity index (χ1) is 10.1. The van der Waals surface area contributed by atoms with Crippen molar-refractivity contribution in [1.29, 1.82) is 0 Å². The van der Waals surface area contributed by atoms with Crippen LogP contribution in [0.25, 0.3) is 6.08 Å². The summed E-state index contributed by atoms with van der Waals surface area (Å²) in [5.74, 6) is 0.355. The van der Waals surface area contributed by atoms with Gasteiger partial charge in [0.1, 0.15) is 11.5 Å². The van der Waals surface area contributed by atoms with E-state index in [1.54, 1.807) is 12.1 Å². The van der Waals surface area contributed by atoms with E-state index in [1.165, 1.54) is 0 Å². The Balaban J connectivity index is 1.98. The number of aryl methyl sites for hydroxylation is 1. The fourth-order valence-electron chi connectivity index (χ4n) is 2.14. The molecule has 1 N–H and O–H groups in total. The highest BCUT2D eigenvalue weighted by Crippen LogP contribution is 2.21. The molecule has 0 unspecified atom stereocenters. The van der Waals surface area contributed by atoms with Gasteiger partial charge in [0.2, 0.25) is 0 Å². The number of halogens is 1. The van der Waals surface area contributed by atoms with E-state index < -0.39 is 0 Å². The van der Waals surface area contributed by atoms with Gasteiger partial charge in [-0.1, -0.05) is 53.6 Å². The molecule has 0 saturated carbocycles. The molecule has 4 heteroatoms. The maximum atomic E-state index is 12.0. The first-order valence-electron chi connectivity index (χ1n) is 6.57. The molecular formula is C17H13ClN2O. The maximum absolute atomic E-state index is 12.0. The van der Waals surface area contributed by atoms with Crippen molar-refractivity contribution in [3.05, 3.63) is 75.9 Å². The Labute approximate surface area is 128 Å². The molecule has 1 aliphatic heterocycles. The van der Waals surface area contributed by atoms with Crippen LogP contribution in [0.1, 0.15) is 16.7 Å². The minimum Gasteiger partial charge on any atom is -0.305 e. The molecule has 2 aromatic carbocycles. The molecule has 0 fully saturated rings. The number of aliphatic imine (C=N–C) groups is 1. The van der Waals surface area contributed by atoms with E-state index in [1.807, 2.05) is 49.4 Å². The Hall–Kier alpha value is -2.39. The van der Waals surface area contributed by atoms with Gasteiger partial charge in [-0.2, -0.15) is 0 Å². The highest BCUT2D eigenvalue weighted by Gasteiger charge is 2.21. The Bertz CT molecular complexity index is 778. The molecule has 0 aromatic heterocycles. The fraction of sp³-hybridized carbons (Fsp3) is 0.0588. The number of hydrogen-bond acceptors (Lipinski definition) is 2. The van der Waals surface area contributed by atoms with E-state index in [2.05, 4.69) is 10.3 Å². The number of amidine groups is 1. The van der Waals surface area contributed by atoms with Crippen LogP contribution < -0.4 is 5.32 Å². The fourth-order valence-corrected chi connectivity index (χ4v) is 2.33. The summed E-state index contributed by atoms with van der Waals surface area (Å²) in [6, 6.07) is 15.2. The molecule has 3 rings (SSSR count). The predicted molar refractivity (Wildman–Crippen MR) is 85.3 cm³/mol. The van der Waals surface area contributed by atoms with Crippen LogP contribution in [0.5, 0.6) is 0 Å². The van der Waals surface area contributed by atoms with Gasteiger partial charge in [0.25, 0.3) is 5.91 Å². The molecule has 0 radical (unpaired) electrons. The lowest BCUT2D eigenvalue weighted by Gasteiger charge is -2.00. The zero-order chi connectivity index (χ0) is 14.8. The van der Waals surface area contributed by atoms with Crippen molar-refractivity contribution in [2.45, 2.75) is 6.92 Å². The van der Waals surface area contributed by atoms with Crippen molar-refractivity contribution in [2.75, 3.05) is 0 Å². The smallest absolute Gasteiger partial charge is 0.275 e. The van der Waals surface area contributed by atoms with Crippen LogP contribution >= 0.6 is 11.6 Å². The van der Waals surface area contributed by atoms with Crippen LogP contribution in [0.3, 0.4) is 0 Å². The first-order valence-corrected chi connectivity index (χ1v) is 6.94. The number of carbonyl (C=O) groups excluding carboxylic acids is 1. The number of hydrogen-bond donors (Lipinski definition) is 1. The third-order valence-corrected chi connectivity index (χ3v) is 3.53. The summed E-state index contributed by atoms with van der Waals surface area (Å²) in [6.45, 7) is 2.00. The zero-order valence-electron chi connectivity index (χ0n) is 11.4. The van der Waals surface area contributed by atoms with Gasteiger partial charge in [-0.25, -0.2) is 4.99 Å². The minimum absolute atomic E-state index is 0.216. The van der Waals surface area contributed by atoms with Crippen LogP contribution in [0.15, 0.2) is 59.2 Å². The standard InChI is InChI=1S/C17H13ClN2O/c1-11-5-4-7-13(9-11)16-19-15(17(21)20-16)10-12-6-2-3-8-14(12)18/h2-10H,1H3,(H,19,20,21)/b15-10-. The van der Waals surface area contributed by atoms with Gasteiger partial charge < -0.3 is 5.32 Å². The number of nitrogens with zero attached hydrogens (tertiary/aromatic N) is 1. The number of benzene rings is 2. The predicted octanol–water partition coefficient (Wildman–Crippen LogP) is 3.57. The van der Waals surface area contributed by atoms with Crippen LogP contribution in [0.4, 0.5) is 0 Å². The molecule has 0 spiro atoms. The van der Waals surface area contributed by atoms with E-state index in [9.17, 15) is 4.79 Å². The first kappa shape index (κ1) is 13.6.